The Kier molecular flexibility index (Phi) is 3.12. The fraction of sp³-hybridized carbons (Fsp3) is 0.917. The number of rotatable bonds is 1. The molecule has 1 saturated heterocycles. The van der Waals surface area contributed by atoms with Gasteiger partial charge in [0.05, 0.1) is 12.2 Å². The minimum atomic E-state index is -0.0815. The fourth-order valence-corrected chi connectivity index (χ4v) is 2.85. The average molecular weight is 211 g/mol. The zero-order valence-electron chi connectivity index (χ0n) is 9.79. The lowest BCUT2D eigenvalue weighted by molar-refractivity contribution is -0.146. The molecule has 3 heteroatoms. The van der Waals surface area contributed by atoms with Crippen LogP contribution in [0.5, 0.6) is 0 Å². The van der Waals surface area contributed by atoms with Gasteiger partial charge in [-0.2, -0.15) is 0 Å². The molecule has 0 aromatic carbocycles. The van der Waals surface area contributed by atoms with Crippen molar-refractivity contribution in [1.82, 2.24) is 4.90 Å². The molecule has 3 nitrogen and oxygen atoms in total. The lowest BCUT2D eigenvalue weighted by atomic mass is 9.77. The molecule has 0 aromatic rings. The van der Waals surface area contributed by atoms with Gasteiger partial charge in [0.15, 0.2) is 0 Å². The number of ether oxygens (including phenoxy) is 1. The summed E-state index contributed by atoms with van der Waals surface area (Å²) >= 11 is 0. The summed E-state index contributed by atoms with van der Waals surface area (Å²) < 4.78 is 5.87. The molecule has 0 amide bonds. The summed E-state index contributed by atoms with van der Waals surface area (Å²) in [7, 11) is 4.27. The van der Waals surface area contributed by atoms with Gasteiger partial charge in [-0.05, 0) is 39.8 Å². The maximum absolute atomic E-state index is 11.5. The van der Waals surface area contributed by atoms with Crippen molar-refractivity contribution in [2.45, 2.75) is 50.2 Å². The van der Waals surface area contributed by atoms with Crippen LogP contribution in [0.25, 0.3) is 0 Å². The van der Waals surface area contributed by atoms with E-state index in [1.807, 2.05) is 0 Å². The molecule has 0 radical (unpaired) electrons. The summed E-state index contributed by atoms with van der Waals surface area (Å²) in [5, 5.41) is 0. The van der Waals surface area contributed by atoms with E-state index >= 15 is 0 Å². The molecule has 2 fully saturated rings. The van der Waals surface area contributed by atoms with Crippen LogP contribution in [-0.4, -0.2) is 43.0 Å². The van der Waals surface area contributed by atoms with Crippen molar-refractivity contribution >= 4 is 5.78 Å². The SMILES string of the molecule is CN(C)C1CCC2(CC1)CC(=O)CCO2. The van der Waals surface area contributed by atoms with Crippen molar-refractivity contribution in [1.29, 1.82) is 0 Å². The second-order valence-corrected chi connectivity index (χ2v) is 5.19. The molecule has 0 atom stereocenters. The first-order valence-electron chi connectivity index (χ1n) is 5.93. The molecule has 15 heavy (non-hydrogen) atoms. The highest BCUT2D eigenvalue weighted by Gasteiger charge is 2.40. The van der Waals surface area contributed by atoms with Crippen LogP contribution in [0.1, 0.15) is 38.5 Å². The van der Waals surface area contributed by atoms with Crippen LogP contribution in [-0.2, 0) is 9.53 Å². The largest absolute Gasteiger partial charge is 0.374 e. The van der Waals surface area contributed by atoms with Gasteiger partial charge < -0.3 is 9.64 Å². The van der Waals surface area contributed by atoms with E-state index in [0.29, 0.717) is 31.3 Å². The zero-order chi connectivity index (χ0) is 10.9. The molecule has 0 unspecified atom stereocenters. The first kappa shape index (κ1) is 11.1. The molecule has 1 heterocycles. The Balaban J connectivity index is 1.93. The summed E-state index contributed by atoms with van der Waals surface area (Å²) in [4.78, 5) is 13.8. The lowest BCUT2D eigenvalue weighted by Gasteiger charge is -2.43. The van der Waals surface area contributed by atoms with Gasteiger partial charge in [0, 0.05) is 18.9 Å². The molecule has 1 saturated carbocycles. The molecule has 86 valence electrons. The molecule has 2 rings (SSSR count). The molecule has 1 spiro atoms. The van der Waals surface area contributed by atoms with Gasteiger partial charge in [-0.1, -0.05) is 0 Å². The zero-order valence-corrected chi connectivity index (χ0v) is 9.79. The van der Waals surface area contributed by atoms with Crippen LogP contribution in [0.3, 0.4) is 0 Å². The third-order valence-corrected chi connectivity index (χ3v) is 3.91. The normalized spacial score (nSPS) is 37.5. The lowest BCUT2D eigenvalue weighted by Crippen LogP contribution is -2.46. The number of hydrogen-bond acceptors (Lipinski definition) is 3. The van der Waals surface area contributed by atoms with Crippen LogP contribution in [0, 0.1) is 0 Å². The molecule has 0 aromatic heterocycles. The molecule has 1 aliphatic heterocycles. The Hall–Kier alpha value is -0.410. The third kappa shape index (κ3) is 2.40. The second kappa shape index (κ2) is 4.22. The maximum Gasteiger partial charge on any atom is 0.138 e. The van der Waals surface area contributed by atoms with Crippen molar-refractivity contribution in [3.05, 3.63) is 0 Å². The van der Waals surface area contributed by atoms with Crippen molar-refractivity contribution in [2.75, 3.05) is 20.7 Å². The highest BCUT2D eigenvalue weighted by molar-refractivity contribution is 5.80. The van der Waals surface area contributed by atoms with Crippen molar-refractivity contribution in [3.63, 3.8) is 0 Å². The van der Waals surface area contributed by atoms with Gasteiger partial charge in [0.25, 0.3) is 0 Å². The summed E-state index contributed by atoms with van der Waals surface area (Å²) in [6, 6.07) is 0.677. The highest BCUT2D eigenvalue weighted by atomic mass is 16.5. The summed E-state index contributed by atoms with van der Waals surface area (Å²) in [5.74, 6) is 0.393. The topological polar surface area (TPSA) is 29.5 Å². The molecule has 2 aliphatic rings. The van der Waals surface area contributed by atoms with Gasteiger partial charge in [0.1, 0.15) is 5.78 Å². The molecular weight excluding hydrogens is 190 g/mol. The number of carbonyl (C=O) groups excluding carboxylic acids is 1. The van der Waals surface area contributed by atoms with E-state index in [1.54, 1.807) is 0 Å². The van der Waals surface area contributed by atoms with E-state index in [-0.39, 0.29) is 5.60 Å². The van der Waals surface area contributed by atoms with Crippen LogP contribution >= 0.6 is 0 Å². The monoisotopic (exact) mass is 211 g/mol. The van der Waals surface area contributed by atoms with E-state index < -0.39 is 0 Å². The molecule has 1 aliphatic carbocycles. The van der Waals surface area contributed by atoms with Gasteiger partial charge in [-0.15, -0.1) is 0 Å². The van der Waals surface area contributed by atoms with Gasteiger partial charge >= 0.3 is 0 Å². The Bertz CT molecular complexity index is 242. The van der Waals surface area contributed by atoms with E-state index in [0.717, 1.165) is 12.8 Å². The summed E-state index contributed by atoms with van der Waals surface area (Å²) in [5.41, 5.74) is -0.0815. The third-order valence-electron chi connectivity index (χ3n) is 3.91. The number of Topliss-reactive ketones (excluding diaryl/α,β-unsaturated/α-hetero) is 1. The number of carbonyl (C=O) groups is 1. The number of nitrogens with zero attached hydrogens (tertiary/aromatic N) is 1. The predicted octanol–water partition coefficient (Wildman–Crippen LogP) is 1.61. The van der Waals surface area contributed by atoms with Gasteiger partial charge in [0.2, 0.25) is 0 Å². The van der Waals surface area contributed by atoms with E-state index in [9.17, 15) is 4.79 Å². The Morgan fingerprint density at radius 2 is 2.00 bits per heavy atom. The minimum Gasteiger partial charge on any atom is -0.374 e. The number of hydrogen-bond donors (Lipinski definition) is 0. The van der Waals surface area contributed by atoms with Gasteiger partial charge in [-0.3, -0.25) is 4.79 Å². The van der Waals surface area contributed by atoms with Crippen LogP contribution < -0.4 is 0 Å². The van der Waals surface area contributed by atoms with Crippen molar-refractivity contribution in [3.8, 4) is 0 Å². The van der Waals surface area contributed by atoms with E-state index in [1.165, 1.54) is 12.8 Å². The van der Waals surface area contributed by atoms with Crippen LogP contribution in [0.4, 0.5) is 0 Å². The Labute approximate surface area is 91.8 Å². The number of ketones is 1. The maximum atomic E-state index is 11.5. The Morgan fingerprint density at radius 1 is 1.33 bits per heavy atom. The van der Waals surface area contributed by atoms with Crippen molar-refractivity contribution in [2.24, 2.45) is 0 Å². The molecular formula is C12H21NO2. The Morgan fingerprint density at radius 3 is 2.53 bits per heavy atom. The van der Waals surface area contributed by atoms with Crippen LogP contribution in [0.2, 0.25) is 0 Å². The van der Waals surface area contributed by atoms with E-state index in [2.05, 4.69) is 19.0 Å². The van der Waals surface area contributed by atoms with Crippen molar-refractivity contribution < 1.29 is 9.53 Å². The molecule has 0 bridgehead atoms. The second-order valence-electron chi connectivity index (χ2n) is 5.19. The van der Waals surface area contributed by atoms with E-state index in [4.69, 9.17) is 4.74 Å². The molecule has 0 N–H and O–H groups in total. The standard InChI is InChI=1S/C12H21NO2/c1-13(2)10-3-6-12(7-4-10)9-11(14)5-8-15-12/h10H,3-9H2,1-2H3. The first-order valence-corrected chi connectivity index (χ1v) is 5.93. The smallest absolute Gasteiger partial charge is 0.138 e. The summed E-state index contributed by atoms with van der Waals surface area (Å²) in [6.45, 7) is 0.644. The van der Waals surface area contributed by atoms with Gasteiger partial charge in [-0.25, -0.2) is 0 Å². The fourth-order valence-electron chi connectivity index (χ4n) is 2.85. The average Bonchev–Trinajstić information content (AvgIpc) is 2.18. The predicted molar refractivity (Wildman–Crippen MR) is 58.9 cm³/mol. The quantitative estimate of drug-likeness (QED) is 0.660. The minimum absolute atomic E-state index is 0.0815. The first-order chi connectivity index (χ1) is 7.11. The van der Waals surface area contributed by atoms with Crippen LogP contribution in [0.15, 0.2) is 0 Å². The highest BCUT2D eigenvalue weighted by Crippen LogP contribution is 2.38. The summed E-state index contributed by atoms with van der Waals surface area (Å²) in [6.07, 6.45) is 5.73.